The molecular weight excluding hydrogens is 201 g/mol. The van der Waals surface area contributed by atoms with Crippen LogP contribution in [0.1, 0.15) is 44.9 Å². The minimum atomic E-state index is -0.157. The zero-order valence-corrected chi connectivity index (χ0v) is 9.71. The molecule has 0 bridgehead atoms. The van der Waals surface area contributed by atoms with Crippen molar-refractivity contribution in [2.45, 2.75) is 51.0 Å². The van der Waals surface area contributed by atoms with Gasteiger partial charge in [0.05, 0.1) is 0 Å². The number of benzene rings is 1. The fourth-order valence-electron chi connectivity index (χ4n) is 2.41. The van der Waals surface area contributed by atoms with Crippen LogP contribution in [0.4, 0.5) is 10.1 Å². The van der Waals surface area contributed by atoms with Gasteiger partial charge in [-0.05, 0) is 31.0 Å². The van der Waals surface area contributed by atoms with Gasteiger partial charge in [-0.25, -0.2) is 4.39 Å². The van der Waals surface area contributed by atoms with Gasteiger partial charge in [0.2, 0.25) is 0 Å². The predicted molar refractivity (Wildman–Crippen MR) is 66.1 cm³/mol. The molecule has 0 saturated heterocycles. The first-order chi connectivity index (χ1) is 7.84. The molecule has 1 aliphatic carbocycles. The van der Waals surface area contributed by atoms with Crippen LogP contribution >= 0.6 is 0 Å². The average Bonchev–Trinajstić information content (AvgIpc) is 2.22. The SMILES string of the molecule is Fc1cccc(NC2CCCCCCC2)c1. The summed E-state index contributed by atoms with van der Waals surface area (Å²) in [5.74, 6) is -0.157. The van der Waals surface area contributed by atoms with Crippen molar-refractivity contribution < 1.29 is 4.39 Å². The van der Waals surface area contributed by atoms with E-state index < -0.39 is 0 Å². The van der Waals surface area contributed by atoms with E-state index in [1.807, 2.05) is 6.07 Å². The highest BCUT2D eigenvalue weighted by atomic mass is 19.1. The van der Waals surface area contributed by atoms with Crippen molar-refractivity contribution in [1.29, 1.82) is 0 Å². The van der Waals surface area contributed by atoms with E-state index in [-0.39, 0.29) is 5.82 Å². The number of halogens is 1. The van der Waals surface area contributed by atoms with Crippen LogP contribution in [0.15, 0.2) is 24.3 Å². The van der Waals surface area contributed by atoms with Crippen LogP contribution in [0.25, 0.3) is 0 Å². The molecule has 88 valence electrons. The minimum absolute atomic E-state index is 0.157. The van der Waals surface area contributed by atoms with Crippen molar-refractivity contribution in [3.8, 4) is 0 Å². The van der Waals surface area contributed by atoms with Gasteiger partial charge >= 0.3 is 0 Å². The molecule has 1 saturated carbocycles. The molecule has 1 N–H and O–H groups in total. The van der Waals surface area contributed by atoms with Crippen molar-refractivity contribution in [2.24, 2.45) is 0 Å². The average molecular weight is 221 g/mol. The maximum absolute atomic E-state index is 13.0. The zero-order valence-electron chi connectivity index (χ0n) is 9.71. The molecule has 1 fully saturated rings. The number of hydrogen-bond donors (Lipinski definition) is 1. The van der Waals surface area contributed by atoms with Crippen LogP contribution in [0.3, 0.4) is 0 Å². The lowest BCUT2D eigenvalue weighted by atomic mass is 9.96. The Balaban J connectivity index is 1.91. The van der Waals surface area contributed by atoms with Crippen LogP contribution in [0, 0.1) is 5.82 Å². The summed E-state index contributed by atoms with van der Waals surface area (Å²) in [5.41, 5.74) is 0.922. The Labute approximate surface area is 97.1 Å². The predicted octanol–water partition coefficient (Wildman–Crippen LogP) is 4.35. The van der Waals surface area contributed by atoms with Gasteiger partial charge in [-0.15, -0.1) is 0 Å². The van der Waals surface area contributed by atoms with Crippen LogP contribution < -0.4 is 5.32 Å². The third kappa shape index (κ3) is 3.51. The molecular formula is C14H20FN. The maximum atomic E-state index is 13.0. The zero-order chi connectivity index (χ0) is 11.2. The summed E-state index contributed by atoms with van der Waals surface area (Å²) in [6.07, 6.45) is 9.11. The summed E-state index contributed by atoms with van der Waals surface area (Å²) >= 11 is 0. The van der Waals surface area contributed by atoms with E-state index in [1.165, 1.54) is 51.0 Å². The Bertz CT molecular complexity index is 316. The summed E-state index contributed by atoms with van der Waals surface area (Å²) in [4.78, 5) is 0. The first kappa shape index (κ1) is 11.4. The van der Waals surface area contributed by atoms with E-state index in [0.717, 1.165) is 5.69 Å². The minimum Gasteiger partial charge on any atom is -0.382 e. The molecule has 1 aromatic carbocycles. The fraction of sp³-hybridized carbons (Fsp3) is 0.571. The molecule has 1 aliphatic rings. The maximum Gasteiger partial charge on any atom is 0.125 e. The van der Waals surface area contributed by atoms with Gasteiger partial charge in [-0.1, -0.05) is 38.2 Å². The van der Waals surface area contributed by atoms with Crippen LogP contribution in [0.5, 0.6) is 0 Å². The van der Waals surface area contributed by atoms with Gasteiger partial charge in [0.25, 0.3) is 0 Å². The Morgan fingerprint density at radius 1 is 1.00 bits per heavy atom. The Hall–Kier alpha value is -1.05. The first-order valence-electron chi connectivity index (χ1n) is 6.37. The highest BCUT2D eigenvalue weighted by Crippen LogP contribution is 2.21. The molecule has 0 spiro atoms. The highest BCUT2D eigenvalue weighted by Gasteiger charge is 2.10. The van der Waals surface area contributed by atoms with E-state index in [9.17, 15) is 4.39 Å². The van der Waals surface area contributed by atoms with E-state index in [2.05, 4.69) is 5.32 Å². The van der Waals surface area contributed by atoms with Crippen LogP contribution in [0.2, 0.25) is 0 Å². The molecule has 0 unspecified atom stereocenters. The molecule has 2 heteroatoms. The van der Waals surface area contributed by atoms with Gasteiger partial charge in [0, 0.05) is 11.7 Å². The van der Waals surface area contributed by atoms with Crippen LogP contribution in [-0.4, -0.2) is 6.04 Å². The van der Waals surface area contributed by atoms with Crippen molar-refractivity contribution in [3.05, 3.63) is 30.1 Å². The van der Waals surface area contributed by atoms with Crippen molar-refractivity contribution >= 4 is 5.69 Å². The molecule has 0 aromatic heterocycles. The molecule has 0 radical (unpaired) electrons. The second kappa shape index (κ2) is 5.88. The number of rotatable bonds is 2. The normalized spacial score (nSPS) is 18.8. The third-order valence-corrected chi connectivity index (χ3v) is 3.30. The summed E-state index contributed by atoms with van der Waals surface area (Å²) in [7, 11) is 0. The Morgan fingerprint density at radius 2 is 1.69 bits per heavy atom. The molecule has 2 rings (SSSR count). The number of nitrogens with one attached hydrogen (secondary N) is 1. The number of anilines is 1. The smallest absolute Gasteiger partial charge is 0.125 e. The monoisotopic (exact) mass is 221 g/mol. The lowest BCUT2D eigenvalue weighted by Gasteiger charge is -2.22. The second-order valence-corrected chi connectivity index (χ2v) is 4.70. The van der Waals surface area contributed by atoms with Crippen LogP contribution in [-0.2, 0) is 0 Å². The van der Waals surface area contributed by atoms with E-state index in [1.54, 1.807) is 12.1 Å². The largest absolute Gasteiger partial charge is 0.382 e. The lowest BCUT2D eigenvalue weighted by Crippen LogP contribution is -2.20. The standard InChI is InChI=1S/C14H20FN/c15-12-7-6-10-14(11-12)16-13-8-4-2-1-3-5-9-13/h6-7,10-11,13,16H,1-5,8-9H2. The third-order valence-electron chi connectivity index (χ3n) is 3.30. The molecule has 0 amide bonds. The molecule has 1 aromatic rings. The van der Waals surface area contributed by atoms with Gasteiger partial charge in [-0.3, -0.25) is 0 Å². The Morgan fingerprint density at radius 3 is 2.38 bits per heavy atom. The van der Waals surface area contributed by atoms with Gasteiger partial charge in [-0.2, -0.15) is 0 Å². The van der Waals surface area contributed by atoms with Gasteiger partial charge < -0.3 is 5.32 Å². The molecule has 0 aliphatic heterocycles. The molecule has 16 heavy (non-hydrogen) atoms. The van der Waals surface area contributed by atoms with E-state index in [0.29, 0.717) is 6.04 Å². The summed E-state index contributed by atoms with van der Waals surface area (Å²) in [6.45, 7) is 0. The molecule has 0 atom stereocenters. The molecule has 0 heterocycles. The van der Waals surface area contributed by atoms with E-state index >= 15 is 0 Å². The highest BCUT2D eigenvalue weighted by molar-refractivity contribution is 5.43. The lowest BCUT2D eigenvalue weighted by molar-refractivity contribution is 0.471. The topological polar surface area (TPSA) is 12.0 Å². The molecule has 1 nitrogen and oxygen atoms in total. The quantitative estimate of drug-likeness (QED) is 0.782. The summed E-state index contributed by atoms with van der Waals surface area (Å²) < 4.78 is 13.0. The van der Waals surface area contributed by atoms with Crippen molar-refractivity contribution in [2.75, 3.05) is 5.32 Å². The number of hydrogen-bond acceptors (Lipinski definition) is 1. The fourth-order valence-corrected chi connectivity index (χ4v) is 2.41. The Kier molecular flexibility index (Phi) is 4.20. The van der Waals surface area contributed by atoms with Gasteiger partial charge in [0.15, 0.2) is 0 Å². The van der Waals surface area contributed by atoms with Crippen molar-refractivity contribution in [3.63, 3.8) is 0 Å². The summed E-state index contributed by atoms with van der Waals surface area (Å²) in [5, 5.41) is 3.45. The van der Waals surface area contributed by atoms with Gasteiger partial charge in [0.1, 0.15) is 5.82 Å². The van der Waals surface area contributed by atoms with Crippen molar-refractivity contribution in [1.82, 2.24) is 0 Å². The van der Waals surface area contributed by atoms with E-state index in [4.69, 9.17) is 0 Å². The summed E-state index contributed by atoms with van der Waals surface area (Å²) in [6, 6.07) is 7.31. The first-order valence-corrected chi connectivity index (χ1v) is 6.37. The second-order valence-electron chi connectivity index (χ2n) is 4.70.